The number of carbonyl (C=O) groups excluding carboxylic acids is 1. The normalized spacial score (nSPS) is 11.9. The summed E-state index contributed by atoms with van der Waals surface area (Å²) in [6.07, 6.45) is 1.59. The van der Waals surface area contributed by atoms with Crippen molar-refractivity contribution in [3.63, 3.8) is 0 Å². The summed E-state index contributed by atoms with van der Waals surface area (Å²) >= 11 is 1.63. The summed E-state index contributed by atoms with van der Waals surface area (Å²) in [6.45, 7) is 2.00. The van der Waals surface area contributed by atoms with Gasteiger partial charge in [0.15, 0.2) is 5.82 Å². The summed E-state index contributed by atoms with van der Waals surface area (Å²) in [6, 6.07) is 7.44. The van der Waals surface area contributed by atoms with E-state index in [2.05, 4.69) is 10.4 Å². The predicted octanol–water partition coefficient (Wildman–Crippen LogP) is 2.26. The number of aromatic nitrogens is 1. The van der Waals surface area contributed by atoms with E-state index in [0.29, 0.717) is 11.4 Å². The number of carbonyl (C=O) groups is 1. The minimum Gasteiger partial charge on any atom is -0.334 e. The number of nitrogen functional groups attached to an aromatic ring is 1. The molecule has 5 nitrogen and oxygen atoms in total. The van der Waals surface area contributed by atoms with Gasteiger partial charge in [-0.05, 0) is 30.5 Å². The molecule has 0 aliphatic heterocycles. The lowest BCUT2D eigenvalue weighted by Gasteiger charge is -2.24. The highest BCUT2D eigenvalue weighted by molar-refractivity contribution is 7.10. The first-order valence-electron chi connectivity index (χ1n) is 5.87. The van der Waals surface area contributed by atoms with E-state index in [4.69, 9.17) is 5.84 Å². The van der Waals surface area contributed by atoms with Gasteiger partial charge in [-0.1, -0.05) is 6.07 Å². The largest absolute Gasteiger partial charge is 0.334 e. The number of nitrogens with one attached hydrogen (secondary N) is 1. The van der Waals surface area contributed by atoms with Gasteiger partial charge in [-0.3, -0.25) is 4.79 Å². The molecule has 0 saturated carbocycles. The van der Waals surface area contributed by atoms with E-state index in [0.717, 1.165) is 4.88 Å². The van der Waals surface area contributed by atoms with Crippen LogP contribution in [-0.2, 0) is 0 Å². The molecule has 2 heterocycles. The Kier molecular flexibility index (Phi) is 4.13. The predicted molar refractivity (Wildman–Crippen MR) is 76.9 cm³/mol. The lowest BCUT2D eigenvalue weighted by Crippen LogP contribution is -2.30. The SMILES string of the molecule is CC(c1cccs1)N(C)C(=O)c1cccnc1NN. The second-order valence-corrected chi connectivity index (χ2v) is 5.13. The second kappa shape index (κ2) is 5.81. The molecule has 3 N–H and O–H groups in total. The first-order valence-corrected chi connectivity index (χ1v) is 6.75. The molecule has 2 rings (SSSR count). The van der Waals surface area contributed by atoms with Crippen molar-refractivity contribution in [1.29, 1.82) is 0 Å². The van der Waals surface area contributed by atoms with E-state index in [1.807, 2.05) is 24.4 Å². The standard InChI is InChI=1S/C13H16N4OS/c1-9(11-6-4-8-19-11)17(2)13(18)10-5-3-7-15-12(10)16-14/h3-9H,14H2,1-2H3,(H,15,16). The van der Waals surface area contributed by atoms with Gasteiger partial charge in [0.25, 0.3) is 5.91 Å². The lowest BCUT2D eigenvalue weighted by molar-refractivity contribution is 0.0745. The van der Waals surface area contributed by atoms with Crippen LogP contribution in [0.25, 0.3) is 0 Å². The van der Waals surface area contributed by atoms with E-state index in [9.17, 15) is 4.79 Å². The minimum absolute atomic E-state index is 0.0123. The molecule has 2 aromatic rings. The van der Waals surface area contributed by atoms with Crippen LogP contribution in [-0.4, -0.2) is 22.8 Å². The van der Waals surface area contributed by atoms with Crippen molar-refractivity contribution in [2.24, 2.45) is 5.84 Å². The van der Waals surface area contributed by atoms with Gasteiger partial charge in [-0.25, -0.2) is 10.8 Å². The number of nitrogens with two attached hydrogens (primary N) is 1. The van der Waals surface area contributed by atoms with Crippen LogP contribution in [0.15, 0.2) is 35.8 Å². The Morgan fingerprint density at radius 2 is 2.26 bits per heavy atom. The number of anilines is 1. The molecule has 1 unspecified atom stereocenters. The van der Waals surface area contributed by atoms with Crippen LogP contribution in [0.1, 0.15) is 28.2 Å². The molecular weight excluding hydrogens is 260 g/mol. The maximum atomic E-state index is 12.5. The van der Waals surface area contributed by atoms with Crippen LogP contribution in [0, 0.1) is 0 Å². The van der Waals surface area contributed by atoms with Crippen LogP contribution in [0.3, 0.4) is 0 Å². The van der Waals surface area contributed by atoms with Crippen LogP contribution >= 0.6 is 11.3 Å². The molecule has 0 aliphatic carbocycles. The summed E-state index contributed by atoms with van der Waals surface area (Å²) in [5.74, 6) is 5.66. The van der Waals surface area contributed by atoms with Gasteiger partial charge in [0.05, 0.1) is 11.6 Å². The molecule has 100 valence electrons. The fourth-order valence-corrected chi connectivity index (χ4v) is 2.61. The molecule has 0 fully saturated rings. The average molecular weight is 276 g/mol. The zero-order valence-electron chi connectivity index (χ0n) is 10.8. The number of hydrazine groups is 1. The Morgan fingerprint density at radius 3 is 2.89 bits per heavy atom. The molecule has 0 bridgehead atoms. The highest BCUT2D eigenvalue weighted by Crippen LogP contribution is 2.25. The minimum atomic E-state index is -0.109. The smallest absolute Gasteiger partial charge is 0.257 e. The first kappa shape index (κ1) is 13.5. The Morgan fingerprint density at radius 1 is 1.47 bits per heavy atom. The number of hydrogen-bond donors (Lipinski definition) is 2. The van der Waals surface area contributed by atoms with Crippen LogP contribution in [0.4, 0.5) is 5.82 Å². The number of nitrogens with zero attached hydrogens (tertiary/aromatic N) is 2. The van der Waals surface area contributed by atoms with Crippen molar-refractivity contribution < 1.29 is 4.79 Å². The lowest BCUT2D eigenvalue weighted by atomic mass is 10.2. The van der Waals surface area contributed by atoms with E-state index < -0.39 is 0 Å². The first-order chi connectivity index (χ1) is 9.15. The number of hydrogen-bond acceptors (Lipinski definition) is 5. The maximum absolute atomic E-state index is 12.5. The topological polar surface area (TPSA) is 71.2 Å². The van der Waals surface area contributed by atoms with E-state index in [-0.39, 0.29) is 11.9 Å². The van der Waals surface area contributed by atoms with E-state index in [1.54, 1.807) is 41.6 Å². The van der Waals surface area contributed by atoms with Crippen molar-refractivity contribution in [2.75, 3.05) is 12.5 Å². The molecule has 0 radical (unpaired) electrons. The maximum Gasteiger partial charge on any atom is 0.257 e. The van der Waals surface area contributed by atoms with Gasteiger partial charge < -0.3 is 10.3 Å². The number of amides is 1. The number of rotatable bonds is 4. The summed E-state index contributed by atoms with van der Waals surface area (Å²) < 4.78 is 0. The zero-order valence-corrected chi connectivity index (χ0v) is 11.6. The van der Waals surface area contributed by atoms with Crippen molar-refractivity contribution in [1.82, 2.24) is 9.88 Å². The fourth-order valence-electron chi connectivity index (χ4n) is 1.78. The summed E-state index contributed by atoms with van der Waals surface area (Å²) in [5.41, 5.74) is 2.92. The fraction of sp³-hybridized carbons (Fsp3) is 0.231. The van der Waals surface area contributed by atoms with Crippen molar-refractivity contribution >= 4 is 23.1 Å². The van der Waals surface area contributed by atoms with Gasteiger partial charge in [-0.2, -0.15) is 0 Å². The highest BCUT2D eigenvalue weighted by atomic mass is 32.1. The highest BCUT2D eigenvalue weighted by Gasteiger charge is 2.21. The number of pyridine rings is 1. The van der Waals surface area contributed by atoms with Gasteiger partial charge >= 0.3 is 0 Å². The molecule has 19 heavy (non-hydrogen) atoms. The molecule has 0 saturated heterocycles. The summed E-state index contributed by atoms with van der Waals surface area (Å²) in [7, 11) is 1.78. The Labute approximate surface area is 116 Å². The Balaban J connectivity index is 2.24. The van der Waals surface area contributed by atoms with Crippen molar-refractivity contribution in [3.05, 3.63) is 46.3 Å². The van der Waals surface area contributed by atoms with E-state index in [1.165, 1.54) is 0 Å². The molecule has 0 aromatic carbocycles. The molecule has 1 atom stereocenters. The quantitative estimate of drug-likeness (QED) is 0.664. The van der Waals surface area contributed by atoms with Gasteiger partial charge in [0.2, 0.25) is 0 Å². The Bertz CT molecular complexity index is 556. The van der Waals surface area contributed by atoms with Gasteiger partial charge in [-0.15, -0.1) is 11.3 Å². The number of thiophene rings is 1. The van der Waals surface area contributed by atoms with Crippen molar-refractivity contribution in [2.45, 2.75) is 13.0 Å². The molecule has 0 aliphatic rings. The van der Waals surface area contributed by atoms with E-state index >= 15 is 0 Å². The third-order valence-corrected chi connectivity index (χ3v) is 4.07. The summed E-state index contributed by atoms with van der Waals surface area (Å²) in [5, 5.41) is 2.00. The van der Waals surface area contributed by atoms with Crippen molar-refractivity contribution in [3.8, 4) is 0 Å². The van der Waals surface area contributed by atoms with Crippen LogP contribution < -0.4 is 11.3 Å². The summed E-state index contributed by atoms with van der Waals surface area (Å²) in [4.78, 5) is 19.3. The molecule has 2 aromatic heterocycles. The van der Waals surface area contributed by atoms with Crippen LogP contribution in [0.5, 0.6) is 0 Å². The molecule has 0 spiro atoms. The second-order valence-electron chi connectivity index (χ2n) is 4.15. The van der Waals surface area contributed by atoms with Crippen LogP contribution in [0.2, 0.25) is 0 Å². The van der Waals surface area contributed by atoms with Gasteiger partial charge in [0, 0.05) is 18.1 Å². The third kappa shape index (κ3) is 2.74. The monoisotopic (exact) mass is 276 g/mol. The third-order valence-electron chi connectivity index (χ3n) is 3.03. The molecule has 6 heteroatoms. The molecule has 1 amide bonds. The van der Waals surface area contributed by atoms with Gasteiger partial charge in [0.1, 0.15) is 0 Å². The zero-order chi connectivity index (χ0) is 13.8. The average Bonchev–Trinajstić information content (AvgIpc) is 2.99. The Hall–Kier alpha value is -1.92. The molecular formula is C13H16N4OS.